The van der Waals surface area contributed by atoms with E-state index in [2.05, 4.69) is 0 Å². The first-order valence-corrected chi connectivity index (χ1v) is 8.64. The zero-order chi connectivity index (χ0) is 19.4. The minimum Gasteiger partial charge on any atom is -0.465 e. The molecule has 1 heterocycles. The Morgan fingerprint density at radius 2 is 1.78 bits per heavy atom. The van der Waals surface area contributed by atoms with Crippen LogP contribution in [0.3, 0.4) is 0 Å². The number of rotatable bonds is 5. The number of hydrogen-bond acceptors (Lipinski definition) is 3. The zero-order valence-corrected chi connectivity index (χ0v) is 15.2. The predicted molar refractivity (Wildman–Crippen MR) is 101 cm³/mol. The van der Waals surface area contributed by atoms with E-state index in [1.165, 1.54) is 19.2 Å². The van der Waals surface area contributed by atoms with Crippen molar-refractivity contribution in [3.05, 3.63) is 88.4 Å². The molecule has 0 N–H and O–H groups in total. The molecule has 0 bridgehead atoms. The number of nitrogens with zero attached hydrogens (tertiary/aromatic N) is 1. The Balaban J connectivity index is 1.92. The van der Waals surface area contributed by atoms with Gasteiger partial charge in [-0.1, -0.05) is 42.5 Å². The van der Waals surface area contributed by atoms with Crippen LogP contribution in [0.5, 0.6) is 0 Å². The van der Waals surface area contributed by atoms with Crippen LogP contribution in [0.25, 0.3) is 6.08 Å². The molecule has 0 unspecified atom stereocenters. The second kappa shape index (κ2) is 7.99. The Morgan fingerprint density at radius 1 is 1.11 bits per heavy atom. The molecule has 4 nitrogen and oxygen atoms in total. The largest absolute Gasteiger partial charge is 0.465 e. The van der Waals surface area contributed by atoms with E-state index >= 15 is 0 Å². The highest BCUT2D eigenvalue weighted by Crippen LogP contribution is 2.31. The van der Waals surface area contributed by atoms with Gasteiger partial charge in [-0.05, 0) is 42.7 Å². The number of esters is 1. The maximum absolute atomic E-state index is 13.1. The number of benzene rings is 2. The van der Waals surface area contributed by atoms with Crippen molar-refractivity contribution in [2.24, 2.45) is 0 Å². The highest BCUT2D eigenvalue weighted by molar-refractivity contribution is 6.16. The number of hydrogen-bond donors (Lipinski definition) is 0. The molecule has 5 heteroatoms. The van der Waals surface area contributed by atoms with Gasteiger partial charge in [0.05, 0.1) is 18.3 Å². The van der Waals surface area contributed by atoms with Gasteiger partial charge in [-0.15, -0.1) is 0 Å². The molecule has 0 fully saturated rings. The summed E-state index contributed by atoms with van der Waals surface area (Å²) in [6.07, 6.45) is 2.27. The summed E-state index contributed by atoms with van der Waals surface area (Å²) < 4.78 is 18.0. The van der Waals surface area contributed by atoms with Crippen LogP contribution < -0.4 is 0 Å². The van der Waals surface area contributed by atoms with Gasteiger partial charge in [-0.2, -0.15) is 0 Å². The SMILES string of the molecule is COC(=O)C1=C(C)N(CCc2ccccc2)C(=O)C1=Cc1ccc(F)cc1. The van der Waals surface area contributed by atoms with Crippen LogP contribution in [0, 0.1) is 5.82 Å². The van der Waals surface area contributed by atoms with E-state index in [0.717, 1.165) is 5.56 Å². The Bertz CT molecular complexity index is 914. The maximum atomic E-state index is 13.1. The summed E-state index contributed by atoms with van der Waals surface area (Å²) in [5.74, 6) is -1.18. The fourth-order valence-corrected chi connectivity index (χ4v) is 3.11. The van der Waals surface area contributed by atoms with E-state index < -0.39 is 5.97 Å². The van der Waals surface area contributed by atoms with Crippen molar-refractivity contribution in [1.82, 2.24) is 4.90 Å². The molecule has 0 aromatic heterocycles. The summed E-state index contributed by atoms with van der Waals surface area (Å²) in [4.78, 5) is 26.9. The minimum atomic E-state index is -0.559. The lowest BCUT2D eigenvalue weighted by Gasteiger charge is -2.17. The van der Waals surface area contributed by atoms with Crippen molar-refractivity contribution in [3.8, 4) is 0 Å². The number of carbonyl (C=O) groups excluding carboxylic acids is 2. The monoisotopic (exact) mass is 365 g/mol. The van der Waals surface area contributed by atoms with Crippen LogP contribution >= 0.6 is 0 Å². The Labute approximate surface area is 157 Å². The van der Waals surface area contributed by atoms with Gasteiger partial charge in [-0.3, -0.25) is 4.79 Å². The summed E-state index contributed by atoms with van der Waals surface area (Å²) >= 11 is 0. The van der Waals surface area contributed by atoms with Crippen LogP contribution in [-0.4, -0.2) is 30.4 Å². The van der Waals surface area contributed by atoms with E-state index in [9.17, 15) is 14.0 Å². The molecule has 0 atom stereocenters. The first-order valence-electron chi connectivity index (χ1n) is 8.64. The zero-order valence-electron chi connectivity index (χ0n) is 15.2. The molecule has 1 amide bonds. The molecular weight excluding hydrogens is 345 g/mol. The van der Waals surface area contributed by atoms with Crippen molar-refractivity contribution in [1.29, 1.82) is 0 Å². The van der Waals surface area contributed by atoms with Crippen molar-refractivity contribution in [2.45, 2.75) is 13.3 Å². The van der Waals surface area contributed by atoms with E-state index in [0.29, 0.717) is 24.2 Å². The number of allylic oxidation sites excluding steroid dienone is 1. The molecular formula is C22H20FNO3. The number of amides is 1. The van der Waals surface area contributed by atoms with Crippen molar-refractivity contribution in [3.63, 3.8) is 0 Å². The first-order chi connectivity index (χ1) is 13.0. The lowest BCUT2D eigenvalue weighted by Crippen LogP contribution is -2.27. The Hall–Kier alpha value is -3.21. The summed E-state index contributed by atoms with van der Waals surface area (Å²) in [6, 6.07) is 15.6. The van der Waals surface area contributed by atoms with Crippen LogP contribution in [0.1, 0.15) is 18.1 Å². The van der Waals surface area contributed by atoms with Gasteiger partial charge < -0.3 is 9.64 Å². The maximum Gasteiger partial charge on any atom is 0.340 e. The van der Waals surface area contributed by atoms with Crippen LogP contribution in [0.15, 0.2) is 71.4 Å². The second-order valence-electron chi connectivity index (χ2n) is 6.25. The molecule has 1 aliphatic heterocycles. The van der Waals surface area contributed by atoms with Gasteiger partial charge in [0.15, 0.2) is 0 Å². The average molecular weight is 365 g/mol. The topological polar surface area (TPSA) is 46.6 Å². The summed E-state index contributed by atoms with van der Waals surface area (Å²) in [6.45, 7) is 2.19. The third-order valence-electron chi connectivity index (χ3n) is 4.55. The standard InChI is InChI=1S/C22H20FNO3/c1-15-20(22(26)27-2)19(14-17-8-10-18(23)11-9-17)21(25)24(15)13-12-16-6-4-3-5-7-16/h3-11,14H,12-13H2,1-2H3. The Morgan fingerprint density at radius 3 is 2.41 bits per heavy atom. The van der Waals surface area contributed by atoms with Crippen LogP contribution in [0.2, 0.25) is 0 Å². The molecule has 27 heavy (non-hydrogen) atoms. The average Bonchev–Trinajstić information content (AvgIpc) is 2.92. The summed E-state index contributed by atoms with van der Waals surface area (Å²) in [5, 5.41) is 0. The van der Waals surface area contributed by atoms with Gasteiger partial charge in [0, 0.05) is 12.2 Å². The fraction of sp³-hybridized carbons (Fsp3) is 0.182. The van der Waals surface area contributed by atoms with Crippen molar-refractivity contribution in [2.75, 3.05) is 13.7 Å². The van der Waals surface area contributed by atoms with Crippen molar-refractivity contribution < 1.29 is 18.7 Å². The van der Waals surface area contributed by atoms with Gasteiger partial charge in [-0.25, -0.2) is 9.18 Å². The lowest BCUT2D eigenvalue weighted by molar-refractivity contribution is -0.136. The predicted octanol–water partition coefficient (Wildman–Crippen LogP) is 3.74. The quantitative estimate of drug-likeness (QED) is 0.599. The van der Waals surface area contributed by atoms with Gasteiger partial charge in [0.1, 0.15) is 5.82 Å². The third-order valence-corrected chi connectivity index (χ3v) is 4.55. The lowest BCUT2D eigenvalue weighted by atomic mass is 10.0. The molecule has 138 valence electrons. The first kappa shape index (κ1) is 18.6. The van der Waals surface area contributed by atoms with Crippen LogP contribution in [-0.2, 0) is 20.7 Å². The van der Waals surface area contributed by atoms with E-state index in [4.69, 9.17) is 4.74 Å². The number of halogens is 1. The number of ether oxygens (including phenoxy) is 1. The summed E-state index contributed by atoms with van der Waals surface area (Å²) in [7, 11) is 1.29. The fourth-order valence-electron chi connectivity index (χ4n) is 3.11. The van der Waals surface area contributed by atoms with E-state index in [1.54, 1.807) is 30.0 Å². The molecule has 2 aromatic rings. The molecule has 0 saturated heterocycles. The van der Waals surface area contributed by atoms with E-state index in [1.807, 2.05) is 30.3 Å². The van der Waals surface area contributed by atoms with Gasteiger partial charge >= 0.3 is 5.97 Å². The molecule has 2 aromatic carbocycles. The van der Waals surface area contributed by atoms with Crippen LogP contribution in [0.4, 0.5) is 4.39 Å². The minimum absolute atomic E-state index is 0.250. The van der Waals surface area contributed by atoms with Gasteiger partial charge in [0.2, 0.25) is 0 Å². The highest BCUT2D eigenvalue weighted by Gasteiger charge is 2.36. The van der Waals surface area contributed by atoms with E-state index in [-0.39, 0.29) is 22.9 Å². The number of carbonyl (C=O) groups is 2. The van der Waals surface area contributed by atoms with Crippen molar-refractivity contribution >= 4 is 18.0 Å². The number of methoxy groups -OCH3 is 1. The molecule has 0 saturated carbocycles. The smallest absolute Gasteiger partial charge is 0.340 e. The molecule has 1 aliphatic rings. The highest BCUT2D eigenvalue weighted by atomic mass is 19.1. The summed E-state index contributed by atoms with van der Waals surface area (Å²) in [5.41, 5.74) is 2.82. The van der Waals surface area contributed by atoms with Gasteiger partial charge in [0.25, 0.3) is 5.91 Å². The molecule has 0 aliphatic carbocycles. The molecule has 3 rings (SSSR count). The third kappa shape index (κ3) is 3.97. The normalized spacial score (nSPS) is 15.6. The molecule has 0 radical (unpaired) electrons. The Kier molecular flexibility index (Phi) is 5.50. The molecule has 0 spiro atoms. The second-order valence-corrected chi connectivity index (χ2v) is 6.25.